The van der Waals surface area contributed by atoms with Crippen LogP contribution in [0.4, 0.5) is 0 Å². The van der Waals surface area contributed by atoms with E-state index < -0.39 is 18.0 Å². The van der Waals surface area contributed by atoms with Gasteiger partial charge in [0.15, 0.2) is 0 Å². The van der Waals surface area contributed by atoms with E-state index in [0.717, 1.165) is 34.1 Å². The van der Waals surface area contributed by atoms with Gasteiger partial charge < -0.3 is 9.84 Å². The van der Waals surface area contributed by atoms with Gasteiger partial charge in [0.25, 0.3) is 0 Å². The molecule has 2 atom stereocenters. The Morgan fingerprint density at radius 3 is 3.08 bits per heavy atom. The van der Waals surface area contributed by atoms with E-state index in [-0.39, 0.29) is 0 Å². The zero-order valence-corrected chi connectivity index (χ0v) is 14.6. The van der Waals surface area contributed by atoms with Crippen LogP contribution in [0.25, 0.3) is 10.9 Å². The zero-order valence-electron chi connectivity index (χ0n) is 14.6. The van der Waals surface area contributed by atoms with Gasteiger partial charge in [-0.25, -0.2) is 0 Å². The minimum absolute atomic E-state index is 0.425. The summed E-state index contributed by atoms with van der Waals surface area (Å²) < 4.78 is 7.59. The quantitative estimate of drug-likeness (QED) is 0.780. The highest BCUT2D eigenvalue weighted by Crippen LogP contribution is 2.33. The Balaban J connectivity index is 1.62. The number of para-hydroxylation sites is 1. The summed E-state index contributed by atoms with van der Waals surface area (Å²) in [6.07, 6.45) is 4.62. The van der Waals surface area contributed by atoms with Crippen LogP contribution in [0.15, 0.2) is 42.7 Å². The lowest BCUT2D eigenvalue weighted by Crippen LogP contribution is -2.28. The maximum absolute atomic E-state index is 11.5. The Morgan fingerprint density at radius 2 is 2.23 bits per heavy atom. The van der Waals surface area contributed by atoms with Gasteiger partial charge in [-0.05, 0) is 37.5 Å². The highest BCUT2D eigenvalue weighted by molar-refractivity contribution is 5.82. The van der Waals surface area contributed by atoms with Crippen molar-refractivity contribution in [2.45, 2.75) is 32.4 Å². The van der Waals surface area contributed by atoms with Gasteiger partial charge >= 0.3 is 5.97 Å². The van der Waals surface area contributed by atoms with Crippen LogP contribution in [0.2, 0.25) is 0 Å². The third kappa shape index (κ3) is 3.20. The van der Waals surface area contributed by atoms with Gasteiger partial charge in [0.2, 0.25) is 0 Å². The molecule has 3 aromatic rings. The molecule has 3 heterocycles. The number of hydrogen-bond acceptors (Lipinski definition) is 4. The molecule has 1 fully saturated rings. The summed E-state index contributed by atoms with van der Waals surface area (Å²) in [6, 6.07) is 10.1. The molecule has 1 aliphatic rings. The lowest BCUT2D eigenvalue weighted by atomic mass is 9.91. The van der Waals surface area contributed by atoms with Gasteiger partial charge in [-0.15, -0.1) is 0 Å². The van der Waals surface area contributed by atoms with Crippen molar-refractivity contribution in [3.63, 3.8) is 0 Å². The van der Waals surface area contributed by atoms with Crippen LogP contribution in [0.3, 0.4) is 0 Å². The van der Waals surface area contributed by atoms with Crippen LogP contribution in [0.1, 0.15) is 35.8 Å². The van der Waals surface area contributed by atoms with Crippen molar-refractivity contribution in [1.29, 1.82) is 0 Å². The minimum atomic E-state index is -0.807. The summed E-state index contributed by atoms with van der Waals surface area (Å²) in [7, 11) is 0. The zero-order chi connectivity index (χ0) is 18.1. The second-order valence-corrected chi connectivity index (χ2v) is 6.79. The summed E-state index contributed by atoms with van der Waals surface area (Å²) in [5, 5.41) is 15.0. The second-order valence-electron chi connectivity index (χ2n) is 6.79. The maximum atomic E-state index is 11.5. The number of ether oxygens (including phenoxy) is 1. The average molecular weight is 351 g/mol. The van der Waals surface area contributed by atoms with E-state index in [1.165, 1.54) is 0 Å². The molecule has 1 aromatic carbocycles. The highest BCUT2D eigenvalue weighted by atomic mass is 16.5. The topological polar surface area (TPSA) is 77.2 Å². The van der Waals surface area contributed by atoms with Gasteiger partial charge in [-0.2, -0.15) is 5.10 Å². The predicted molar refractivity (Wildman–Crippen MR) is 96.9 cm³/mol. The van der Waals surface area contributed by atoms with E-state index in [2.05, 4.69) is 22.2 Å². The second kappa shape index (κ2) is 6.88. The van der Waals surface area contributed by atoms with E-state index in [1.54, 1.807) is 6.20 Å². The smallest absolute Gasteiger partial charge is 0.309 e. The van der Waals surface area contributed by atoms with Crippen molar-refractivity contribution >= 4 is 16.9 Å². The molecule has 1 saturated heterocycles. The van der Waals surface area contributed by atoms with Crippen molar-refractivity contribution < 1.29 is 14.6 Å². The van der Waals surface area contributed by atoms with Crippen molar-refractivity contribution in [2.24, 2.45) is 5.92 Å². The van der Waals surface area contributed by atoms with E-state index >= 15 is 0 Å². The number of pyridine rings is 1. The van der Waals surface area contributed by atoms with Crippen LogP contribution in [-0.4, -0.2) is 32.4 Å². The molecule has 0 bridgehead atoms. The summed E-state index contributed by atoms with van der Waals surface area (Å²) >= 11 is 0. The van der Waals surface area contributed by atoms with Crippen molar-refractivity contribution in [3.05, 3.63) is 59.5 Å². The number of aliphatic carboxylic acids is 1. The number of fused-ring (bicyclic) bond motifs is 1. The molecule has 2 aromatic heterocycles. The maximum Gasteiger partial charge on any atom is 0.309 e. The number of aromatic nitrogens is 3. The van der Waals surface area contributed by atoms with Gasteiger partial charge in [0.05, 0.1) is 30.3 Å². The number of rotatable bonds is 4. The van der Waals surface area contributed by atoms with Gasteiger partial charge in [0, 0.05) is 29.4 Å². The van der Waals surface area contributed by atoms with Gasteiger partial charge in [-0.1, -0.05) is 18.2 Å². The van der Waals surface area contributed by atoms with E-state index in [4.69, 9.17) is 4.74 Å². The lowest BCUT2D eigenvalue weighted by Gasteiger charge is -2.28. The Kier molecular flexibility index (Phi) is 4.42. The molecule has 1 aliphatic heterocycles. The Hall–Kier alpha value is -2.73. The van der Waals surface area contributed by atoms with Crippen LogP contribution < -0.4 is 0 Å². The van der Waals surface area contributed by atoms with E-state index in [1.807, 2.05) is 36.0 Å². The first-order valence-corrected chi connectivity index (χ1v) is 8.84. The van der Waals surface area contributed by atoms with Crippen LogP contribution in [0, 0.1) is 12.8 Å². The third-order valence-electron chi connectivity index (χ3n) is 4.88. The number of hydrogen-bond donors (Lipinski definition) is 1. The molecule has 0 saturated carbocycles. The molecule has 0 spiro atoms. The molecule has 0 radical (unpaired) electrons. The van der Waals surface area contributed by atoms with E-state index in [0.29, 0.717) is 19.6 Å². The van der Waals surface area contributed by atoms with Crippen LogP contribution in [-0.2, 0) is 16.1 Å². The molecule has 1 N–H and O–H groups in total. The fourth-order valence-electron chi connectivity index (χ4n) is 3.68. The Labute approximate surface area is 151 Å². The summed E-state index contributed by atoms with van der Waals surface area (Å²) in [6.45, 7) is 3.18. The third-order valence-corrected chi connectivity index (χ3v) is 4.88. The minimum Gasteiger partial charge on any atom is -0.481 e. The molecule has 0 unspecified atom stereocenters. The van der Waals surface area contributed by atoms with E-state index in [9.17, 15) is 9.90 Å². The lowest BCUT2D eigenvalue weighted by molar-refractivity contribution is -0.151. The van der Waals surface area contributed by atoms with Crippen molar-refractivity contribution in [3.8, 4) is 0 Å². The van der Waals surface area contributed by atoms with Crippen molar-refractivity contribution in [2.75, 3.05) is 6.61 Å². The number of nitrogens with zero attached hydrogens (tertiary/aromatic N) is 3. The highest BCUT2D eigenvalue weighted by Gasteiger charge is 2.33. The number of carboxylic acids is 1. The first kappa shape index (κ1) is 16.7. The molecule has 4 rings (SSSR count). The molecule has 6 heteroatoms. The number of carbonyl (C=O) groups is 1. The Bertz CT molecular complexity index is 950. The van der Waals surface area contributed by atoms with Crippen LogP contribution in [0.5, 0.6) is 0 Å². The molecular weight excluding hydrogens is 330 g/mol. The number of carboxylic acid groups (broad SMARTS) is 1. The molecule has 6 nitrogen and oxygen atoms in total. The first-order chi connectivity index (χ1) is 12.6. The normalized spacial score (nSPS) is 20.3. The average Bonchev–Trinajstić information content (AvgIpc) is 3.10. The largest absolute Gasteiger partial charge is 0.481 e. The standard InChI is InChI=1S/C20H21N3O3/c1-13-9-14(16-5-2-3-7-18(16)22-13)11-23-12-15(10-21-23)19-17(20(24)25)6-4-8-26-19/h2-3,5,7,9-10,12,17,19H,4,6,8,11H2,1H3,(H,24,25)/t17-,19+/m1/s1. The van der Waals surface area contributed by atoms with Crippen molar-refractivity contribution in [1.82, 2.24) is 14.8 Å². The van der Waals surface area contributed by atoms with Crippen LogP contribution >= 0.6 is 0 Å². The predicted octanol–water partition coefficient (Wildman–Crippen LogP) is 3.34. The first-order valence-electron chi connectivity index (χ1n) is 8.84. The molecule has 26 heavy (non-hydrogen) atoms. The molecule has 0 aliphatic carbocycles. The van der Waals surface area contributed by atoms with Gasteiger partial charge in [-0.3, -0.25) is 14.5 Å². The summed E-state index contributed by atoms with van der Waals surface area (Å²) in [4.78, 5) is 16.1. The Morgan fingerprint density at radius 1 is 1.38 bits per heavy atom. The molecule has 0 amide bonds. The monoisotopic (exact) mass is 351 g/mol. The summed E-state index contributed by atoms with van der Waals surface area (Å²) in [5.74, 6) is -1.32. The molecule has 134 valence electrons. The SMILES string of the molecule is Cc1cc(Cn2cc([C@@H]3OCCC[C@H]3C(=O)O)cn2)c2ccccc2n1. The fourth-order valence-corrected chi connectivity index (χ4v) is 3.68. The number of aryl methyl sites for hydroxylation is 1. The summed E-state index contributed by atoms with van der Waals surface area (Å²) in [5.41, 5.74) is 3.90. The fraction of sp³-hybridized carbons (Fsp3) is 0.350. The number of benzene rings is 1. The van der Waals surface area contributed by atoms with Gasteiger partial charge in [0.1, 0.15) is 0 Å². The molecular formula is C20H21N3O3.